The number of nitrogens with one attached hydrogen (secondary N) is 1. The molecule has 2 heterocycles. The highest BCUT2D eigenvalue weighted by molar-refractivity contribution is 6.28. The summed E-state index contributed by atoms with van der Waals surface area (Å²) in [6.45, 7) is 0. The summed E-state index contributed by atoms with van der Waals surface area (Å²) in [5.41, 5.74) is 0.654. The van der Waals surface area contributed by atoms with Gasteiger partial charge in [-0.05, 0) is 23.7 Å². The van der Waals surface area contributed by atoms with Crippen LogP contribution in [-0.4, -0.2) is 20.2 Å². The van der Waals surface area contributed by atoms with Crippen LogP contribution in [-0.2, 0) is 6.18 Å². The summed E-state index contributed by atoms with van der Waals surface area (Å²) in [6, 6.07) is 4.68. The minimum Gasteiger partial charge on any atom is -0.261 e. The molecule has 0 radical (unpaired) electrons. The van der Waals surface area contributed by atoms with Crippen molar-refractivity contribution in [1.29, 1.82) is 0 Å². The number of alkyl halides is 3. The Kier molecular flexibility index (Phi) is 2.86. The predicted molar refractivity (Wildman–Crippen MR) is 67.1 cm³/mol. The Morgan fingerprint density at radius 3 is 2.40 bits per heavy atom. The highest BCUT2D eigenvalue weighted by Crippen LogP contribution is 2.32. The topological polar surface area (TPSA) is 54.5 Å². The molecule has 0 aliphatic carbocycles. The highest BCUT2D eigenvalue weighted by Gasteiger charge is 2.30. The van der Waals surface area contributed by atoms with E-state index in [-0.39, 0.29) is 5.28 Å². The third-order valence-corrected chi connectivity index (χ3v) is 2.94. The van der Waals surface area contributed by atoms with Crippen LogP contribution in [0.5, 0.6) is 0 Å². The molecule has 0 amide bonds. The number of hydrogen-bond donors (Lipinski definition) is 1. The summed E-state index contributed by atoms with van der Waals surface area (Å²) in [7, 11) is 0. The Morgan fingerprint density at radius 1 is 1.05 bits per heavy atom. The smallest absolute Gasteiger partial charge is 0.261 e. The van der Waals surface area contributed by atoms with Gasteiger partial charge in [0, 0.05) is 5.56 Å². The summed E-state index contributed by atoms with van der Waals surface area (Å²) in [5.74, 6) is 0. The molecule has 2 aromatic heterocycles. The molecule has 0 aliphatic heterocycles. The van der Waals surface area contributed by atoms with Crippen molar-refractivity contribution in [3.63, 3.8) is 0 Å². The summed E-state index contributed by atoms with van der Waals surface area (Å²) in [6.07, 6.45) is -2.87. The van der Waals surface area contributed by atoms with Gasteiger partial charge in [0.1, 0.15) is 0 Å². The zero-order chi connectivity index (χ0) is 14.3. The van der Waals surface area contributed by atoms with E-state index in [4.69, 9.17) is 11.6 Å². The fraction of sp³-hybridized carbons (Fsp3) is 0.0833. The normalized spacial score (nSPS) is 12.0. The zero-order valence-electron chi connectivity index (χ0n) is 9.74. The average Bonchev–Trinajstić information content (AvgIpc) is 2.85. The van der Waals surface area contributed by atoms with Crippen LogP contribution in [0.4, 0.5) is 13.2 Å². The van der Waals surface area contributed by atoms with Crippen LogP contribution in [0.15, 0.2) is 30.5 Å². The quantitative estimate of drug-likeness (QED) is 0.697. The van der Waals surface area contributed by atoms with Crippen molar-refractivity contribution in [3.8, 4) is 11.3 Å². The van der Waals surface area contributed by atoms with Gasteiger partial charge in [0.05, 0.1) is 22.8 Å². The second kappa shape index (κ2) is 4.45. The summed E-state index contributed by atoms with van der Waals surface area (Å²) < 4.78 is 37.6. The first-order valence-electron chi connectivity index (χ1n) is 5.49. The lowest BCUT2D eigenvalue weighted by Gasteiger charge is -2.08. The third-order valence-electron chi connectivity index (χ3n) is 2.77. The fourth-order valence-electron chi connectivity index (χ4n) is 1.84. The molecule has 0 saturated heterocycles. The van der Waals surface area contributed by atoms with Gasteiger partial charge in [0.25, 0.3) is 0 Å². The molecular formula is C12H6ClF3N4. The van der Waals surface area contributed by atoms with Crippen LogP contribution in [0.25, 0.3) is 22.3 Å². The third kappa shape index (κ3) is 2.20. The summed E-state index contributed by atoms with van der Waals surface area (Å²) in [5, 5.41) is 7.05. The largest absolute Gasteiger partial charge is 0.416 e. The maximum atomic E-state index is 12.5. The maximum absolute atomic E-state index is 12.5. The molecule has 0 fully saturated rings. The van der Waals surface area contributed by atoms with Gasteiger partial charge in [0.2, 0.25) is 5.28 Å². The molecule has 0 bridgehead atoms. The molecule has 0 saturated carbocycles. The van der Waals surface area contributed by atoms with Crippen molar-refractivity contribution < 1.29 is 13.2 Å². The first-order chi connectivity index (χ1) is 9.45. The van der Waals surface area contributed by atoms with E-state index in [1.807, 2.05) is 0 Å². The van der Waals surface area contributed by atoms with Crippen LogP contribution in [0.2, 0.25) is 5.28 Å². The zero-order valence-corrected chi connectivity index (χ0v) is 10.5. The standard InChI is InChI=1S/C12H6ClF3N4/c13-11-18-9(8-5-17-20-10(8)19-11)6-1-3-7(4-2-6)12(14,15)16/h1-5H,(H,17,18,19,20). The molecule has 0 atom stereocenters. The summed E-state index contributed by atoms with van der Waals surface area (Å²) >= 11 is 5.78. The molecule has 0 aliphatic rings. The van der Waals surface area contributed by atoms with Gasteiger partial charge in [0.15, 0.2) is 5.65 Å². The highest BCUT2D eigenvalue weighted by atomic mass is 35.5. The van der Waals surface area contributed by atoms with Crippen molar-refractivity contribution in [1.82, 2.24) is 20.2 Å². The van der Waals surface area contributed by atoms with E-state index in [9.17, 15) is 13.2 Å². The van der Waals surface area contributed by atoms with Crippen LogP contribution in [0.1, 0.15) is 5.56 Å². The molecule has 4 nitrogen and oxygen atoms in total. The molecule has 3 aromatic rings. The molecule has 102 valence electrons. The first-order valence-corrected chi connectivity index (χ1v) is 5.87. The van der Waals surface area contributed by atoms with Gasteiger partial charge >= 0.3 is 6.18 Å². The number of aromatic amines is 1. The number of halogens is 4. The van der Waals surface area contributed by atoms with E-state index < -0.39 is 11.7 Å². The van der Waals surface area contributed by atoms with Crippen LogP contribution in [0.3, 0.4) is 0 Å². The van der Waals surface area contributed by atoms with Crippen molar-refractivity contribution in [2.45, 2.75) is 6.18 Å². The number of rotatable bonds is 1. The Morgan fingerprint density at radius 2 is 1.75 bits per heavy atom. The van der Waals surface area contributed by atoms with Gasteiger partial charge in [-0.2, -0.15) is 23.3 Å². The number of aromatic nitrogens is 4. The van der Waals surface area contributed by atoms with Crippen molar-refractivity contribution in [2.24, 2.45) is 0 Å². The molecule has 1 aromatic carbocycles. The predicted octanol–water partition coefficient (Wildman–Crippen LogP) is 3.69. The minimum absolute atomic E-state index is 0.00310. The molecule has 20 heavy (non-hydrogen) atoms. The lowest BCUT2D eigenvalue weighted by Crippen LogP contribution is -2.04. The molecule has 0 unspecified atom stereocenters. The average molecular weight is 299 g/mol. The number of hydrogen-bond acceptors (Lipinski definition) is 3. The Hall–Kier alpha value is -2.15. The van der Waals surface area contributed by atoms with Crippen LogP contribution >= 0.6 is 11.6 Å². The van der Waals surface area contributed by atoms with Crippen LogP contribution < -0.4 is 0 Å². The van der Waals surface area contributed by atoms with Gasteiger partial charge in [-0.3, -0.25) is 5.10 Å². The lowest BCUT2D eigenvalue weighted by molar-refractivity contribution is -0.137. The first kappa shape index (κ1) is 12.9. The Balaban J connectivity index is 2.14. The molecular weight excluding hydrogens is 293 g/mol. The van der Waals surface area contributed by atoms with E-state index in [1.54, 1.807) is 0 Å². The van der Waals surface area contributed by atoms with E-state index in [1.165, 1.54) is 18.3 Å². The van der Waals surface area contributed by atoms with E-state index in [0.717, 1.165) is 12.1 Å². The Labute approximate surface area is 115 Å². The molecule has 1 N–H and O–H groups in total. The van der Waals surface area contributed by atoms with Gasteiger partial charge in [-0.1, -0.05) is 12.1 Å². The molecule has 0 spiro atoms. The van der Waals surface area contributed by atoms with Crippen molar-refractivity contribution in [3.05, 3.63) is 41.3 Å². The number of fused-ring (bicyclic) bond motifs is 1. The maximum Gasteiger partial charge on any atom is 0.416 e. The van der Waals surface area contributed by atoms with Gasteiger partial charge in [-0.25, -0.2) is 4.98 Å². The Bertz CT molecular complexity index is 764. The number of benzene rings is 1. The number of H-pyrrole nitrogens is 1. The van der Waals surface area contributed by atoms with Gasteiger partial charge in [-0.15, -0.1) is 0 Å². The fourth-order valence-corrected chi connectivity index (χ4v) is 2.01. The summed E-state index contributed by atoms with van der Waals surface area (Å²) in [4.78, 5) is 7.98. The van der Waals surface area contributed by atoms with Crippen molar-refractivity contribution >= 4 is 22.6 Å². The van der Waals surface area contributed by atoms with E-state index >= 15 is 0 Å². The van der Waals surface area contributed by atoms with Gasteiger partial charge < -0.3 is 0 Å². The number of nitrogens with zero attached hydrogens (tertiary/aromatic N) is 3. The second-order valence-corrected chi connectivity index (χ2v) is 4.39. The second-order valence-electron chi connectivity index (χ2n) is 4.05. The molecule has 8 heteroatoms. The van der Waals surface area contributed by atoms with Crippen LogP contribution in [0, 0.1) is 0 Å². The molecule has 3 rings (SSSR count). The SMILES string of the molecule is FC(F)(F)c1ccc(-c2nc(Cl)nc3[nH]ncc23)cc1. The van der Waals surface area contributed by atoms with E-state index in [2.05, 4.69) is 20.2 Å². The monoisotopic (exact) mass is 298 g/mol. The van der Waals surface area contributed by atoms with E-state index in [0.29, 0.717) is 22.3 Å². The minimum atomic E-state index is -4.37. The van der Waals surface area contributed by atoms with Crippen molar-refractivity contribution in [2.75, 3.05) is 0 Å². The lowest BCUT2D eigenvalue weighted by atomic mass is 10.1.